The summed E-state index contributed by atoms with van der Waals surface area (Å²) >= 11 is 7.55. The monoisotopic (exact) mass is 383 g/mol. The fourth-order valence-corrected chi connectivity index (χ4v) is 3.96. The molecule has 0 aliphatic carbocycles. The van der Waals surface area contributed by atoms with Gasteiger partial charge in [-0.3, -0.25) is 4.79 Å². The van der Waals surface area contributed by atoms with Crippen LogP contribution in [0.2, 0.25) is 5.02 Å². The van der Waals surface area contributed by atoms with Crippen LogP contribution in [0, 0.1) is 5.82 Å². The van der Waals surface area contributed by atoms with E-state index in [1.165, 1.54) is 23.1 Å². The van der Waals surface area contributed by atoms with Gasteiger partial charge in [0, 0.05) is 11.6 Å². The number of halogens is 2. The lowest BCUT2D eigenvalue weighted by Gasteiger charge is -2.21. The quantitative estimate of drug-likeness (QED) is 0.772. The standard InChI is InChI=1S/C18H20ClFN2O2S/c19-13-5-6-16(20)17(9-13)21-18(23)12-22(10-14-3-1-7-24-14)11-15-4-2-8-25-15/h2,4-6,8-9,14H,1,3,7,10-12H2,(H,21,23)/p+1/t14-/m1/s1. The van der Waals surface area contributed by atoms with E-state index < -0.39 is 5.82 Å². The number of benzene rings is 1. The van der Waals surface area contributed by atoms with Gasteiger partial charge in [0.25, 0.3) is 5.91 Å². The van der Waals surface area contributed by atoms with Crippen LogP contribution in [0.1, 0.15) is 17.7 Å². The van der Waals surface area contributed by atoms with Crippen molar-refractivity contribution < 1.29 is 18.8 Å². The van der Waals surface area contributed by atoms with Gasteiger partial charge in [-0.25, -0.2) is 4.39 Å². The lowest BCUT2D eigenvalue weighted by molar-refractivity contribution is -0.908. The first kappa shape index (κ1) is 18.3. The minimum Gasteiger partial charge on any atom is -0.372 e. The molecule has 1 unspecified atom stereocenters. The van der Waals surface area contributed by atoms with Crippen molar-refractivity contribution in [3.8, 4) is 0 Å². The van der Waals surface area contributed by atoms with Crippen LogP contribution in [-0.4, -0.2) is 31.7 Å². The van der Waals surface area contributed by atoms with Gasteiger partial charge in [0.1, 0.15) is 25.0 Å². The van der Waals surface area contributed by atoms with E-state index in [9.17, 15) is 9.18 Å². The number of amides is 1. The fourth-order valence-electron chi connectivity index (χ4n) is 3.01. The smallest absolute Gasteiger partial charge is 0.279 e. The third-order valence-electron chi connectivity index (χ3n) is 4.16. The van der Waals surface area contributed by atoms with Crippen molar-refractivity contribution in [2.75, 3.05) is 25.0 Å². The Labute approximate surface area is 155 Å². The minimum atomic E-state index is -0.489. The van der Waals surface area contributed by atoms with Crippen LogP contribution in [0.15, 0.2) is 35.7 Å². The van der Waals surface area contributed by atoms with Crippen LogP contribution in [-0.2, 0) is 16.1 Å². The van der Waals surface area contributed by atoms with Gasteiger partial charge in [-0.1, -0.05) is 17.7 Å². The number of ether oxygens (including phenoxy) is 1. The largest absolute Gasteiger partial charge is 0.372 e. The number of thiophene rings is 1. The van der Waals surface area contributed by atoms with Gasteiger partial charge >= 0.3 is 0 Å². The van der Waals surface area contributed by atoms with E-state index >= 15 is 0 Å². The summed E-state index contributed by atoms with van der Waals surface area (Å²) in [5.74, 6) is -0.720. The summed E-state index contributed by atoms with van der Waals surface area (Å²) in [6, 6.07) is 8.20. The highest BCUT2D eigenvalue weighted by Crippen LogP contribution is 2.19. The molecule has 2 atom stereocenters. The molecule has 134 valence electrons. The molecule has 0 saturated carbocycles. The summed E-state index contributed by atoms with van der Waals surface area (Å²) in [5.41, 5.74) is 0.116. The summed E-state index contributed by atoms with van der Waals surface area (Å²) in [4.78, 5) is 14.7. The Kier molecular flexibility index (Phi) is 6.42. The highest BCUT2D eigenvalue weighted by Gasteiger charge is 2.24. The Bertz CT molecular complexity index is 705. The molecule has 1 fully saturated rings. The maximum Gasteiger partial charge on any atom is 0.279 e. The third-order valence-corrected chi connectivity index (χ3v) is 5.27. The molecule has 0 bridgehead atoms. The average Bonchev–Trinajstić information content (AvgIpc) is 3.25. The van der Waals surface area contributed by atoms with Crippen molar-refractivity contribution in [2.45, 2.75) is 25.5 Å². The molecule has 1 aromatic carbocycles. The molecular weight excluding hydrogens is 363 g/mol. The van der Waals surface area contributed by atoms with Crippen molar-refractivity contribution in [2.24, 2.45) is 0 Å². The Hall–Kier alpha value is -1.47. The Morgan fingerprint density at radius 2 is 2.32 bits per heavy atom. The lowest BCUT2D eigenvalue weighted by Crippen LogP contribution is -3.12. The maximum absolute atomic E-state index is 13.8. The molecule has 1 aliphatic heterocycles. The molecule has 1 saturated heterocycles. The zero-order valence-electron chi connectivity index (χ0n) is 13.8. The van der Waals surface area contributed by atoms with E-state index in [1.807, 2.05) is 11.4 Å². The molecule has 1 amide bonds. The van der Waals surface area contributed by atoms with Gasteiger partial charge in [0.05, 0.1) is 10.6 Å². The first-order valence-corrected chi connectivity index (χ1v) is 9.58. The highest BCUT2D eigenvalue weighted by atomic mass is 35.5. The molecule has 25 heavy (non-hydrogen) atoms. The van der Waals surface area contributed by atoms with Crippen molar-refractivity contribution in [1.29, 1.82) is 0 Å². The van der Waals surface area contributed by atoms with Gasteiger partial charge in [0.2, 0.25) is 0 Å². The number of hydrogen-bond donors (Lipinski definition) is 2. The molecule has 2 heterocycles. The first-order valence-electron chi connectivity index (χ1n) is 8.32. The molecule has 2 N–H and O–H groups in total. The van der Waals surface area contributed by atoms with E-state index in [0.29, 0.717) is 5.02 Å². The molecule has 1 aliphatic rings. The van der Waals surface area contributed by atoms with E-state index in [4.69, 9.17) is 16.3 Å². The van der Waals surface area contributed by atoms with E-state index in [-0.39, 0.29) is 24.2 Å². The van der Waals surface area contributed by atoms with E-state index in [0.717, 1.165) is 37.4 Å². The zero-order chi connectivity index (χ0) is 17.6. The first-order chi connectivity index (χ1) is 12.1. The van der Waals surface area contributed by atoms with Gasteiger partial charge in [-0.15, -0.1) is 11.3 Å². The number of nitrogens with one attached hydrogen (secondary N) is 2. The Morgan fingerprint density at radius 3 is 3.04 bits per heavy atom. The van der Waals surface area contributed by atoms with Crippen LogP contribution in [0.25, 0.3) is 0 Å². The van der Waals surface area contributed by atoms with Crippen molar-refractivity contribution in [3.05, 3.63) is 51.4 Å². The summed E-state index contributed by atoms with van der Waals surface area (Å²) in [7, 11) is 0. The maximum atomic E-state index is 13.8. The number of rotatable bonds is 7. The molecule has 0 spiro atoms. The van der Waals surface area contributed by atoms with Gasteiger partial charge in [-0.05, 0) is 42.5 Å². The minimum absolute atomic E-state index is 0.116. The zero-order valence-corrected chi connectivity index (χ0v) is 15.3. The SMILES string of the molecule is O=C(C[NH+](Cc1cccs1)C[C@H]1CCCO1)Nc1cc(Cl)ccc1F. The molecule has 7 heteroatoms. The van der Waals surface area contributed by atoms with Crippen LogP contribution in [0.5, 0.6) is 0 Å². The molecule has 4 nitrogen and oxygen atoms in total. The summed E-state index contributed by atoms with van der Waals surface area (Å²) in [6.45, 7) is 2.56. The molecule has 2 aromatic rings. The van der Waals surface area contributed by atoms with Gasteiger partial charge in [0.15, 0.2) is 6.54 Å². The summed E-state index contributed by atoms with van der Waals surface area (Å²) in [5, 5.41) is 5.05. The number of quaternary nitrogens is 1. The molecule has 3 rings (SSSR count). The second-order valence-electron chi connectivity index (χ2n) is 6.19. The van der Waals surface area contributed by atoms with Crippen LogP contribution in [0.3, 0.4) is 0 Å². The number of anilines is 1. The lowest BCUT2D eigenvalue weighted by atomic mass is 10.2. The predicted octanol–water partition coefficient (Wildman–Crippen LogP) is 2.74. The topological polar surface area (TPSA) is 42.8 Å². The third kappa shape index (κ3) is 5.51. The normalized spacial score (nSPS) is 18.2. The second-order valence-corrected chi connectivity index (χ2v) is 7.66. The fraction of sp³-hybridized carbons (Fsp3) is 0.389. The predicted molar refractivity (Wildman–Crippen MR) is 97.7 cm³/mol. The molecular formula is C18H21ClFN2O2S+. The number of hydrogen-bond acceptors (Lipinski definition) is 3. The van der Waals surface area contributed by atoms with Crippen LogP contribution < -0.4 is 10.2 Å². The van der Waals surface area contributed by atoms with Crippen LogP contribution in [0.4, 0.5) is 10.1 Å². The summed E-state index contributed by atoms with van der Waals surface area (Å²) < 4.78 is 19.5. The number of carbonyl (C=O) groups excluding carboxylic acids is 1. The molecule has 1 aromatic heterocycles. The highest BCUT2D eigenvalue weighted by molar-refractivity contribution is 7.09. The second kappa shape index (κ2) is 8.76. The number of carbonyl (C=O) groups is 1. The van der Waals surface area contributed by atoms with E-state index in [2.05, 4.69) is 11.4 Å². The Morgan fingerprint density at radius 1 is 1.44 bits per heavy atom. The van der Waals surface area contributed by atoms with E-state index in [1.54, 1.807) is 11.3 Å². The van der Waals surface area contributed by atoms with Gasteiger partial charge in [-0.2, -0.15) is 0 Å². The van der Waals surface area contributed by atoms with Crippen molar-refractivity contribution in [3.63, 3.8) is 0 Å². The average molecular weight is 384 g/mol. The van der Waals surface area contributed by atoms with Crippen molar-refractivity contribution in [1.82, 2.24) is 0 Å². The van der Waals surface area contributed by atoms with Gasteiger partial charge < -0.3 is 15.0 Å². The van der Waals surface area contributed by atoms with Crippen molar-refractivity contribution >= 4 is 34.5 Å². The summed E-state index contributed by atoms with van der Waals surface area (Å²) in [6.07, 6.45) is 2.28. The Balaban J connectivity index is 1.63. The molecule has 0 radical (unpaired) electrons. The van der Waals surface area contributed by atoms with Crippen LogP contribution >= 0.6 is 22.9 Å².